The first-order valence-corrected chi connectivity index (χ1v) is 7.92. The van der Waals surface area contributed by atoms with Gasteiger partial charge in [0.05, 0.1) is 8.95 Å². The summed E-state index contributed by atoms with van der Waals surface area (Å²) in [6.07, 6.45) is 0. The molecule has 3 aromatic rings. The quantitative estimate of drug-likeness (QED) is 0.592. The highest BCUT2D eigenvalue weighted by Crippen LogP contribution is 2.38. The highest BCUT2D eigenvalue weighted by atomic mass is 79.9. The van der Waals surface area contributed by atoms with Gasteiger partial charge in [-0.3, -0.25) is 4.79 Å². The third-order valence-electron chi connectivity index (χ3n) is 3.40. The van der Waals surface area contributed by atoms with Crippen molar-refractivity contribution in [1.29, 1.82) is 0 Å². The molecule has 2 aromatic carbocycles. The van der Waals surface area contributed by atoms with Gasteiger partial charge in [0.15, 0.2) is 5.43 Å². The molecular formula is C16H10Br2O4. The molecule has 3 rings (SSSR count). The molecule has 0 aliphatic carbocycles. The average molecular weight is 426 g/mol. The summed E-state index contributed by atoms with van der Waals surface area (Å²) in [5.41, 5.74) is 1.05. The first kappa shape index (κ1) is 15.1. The number of benzene rings is 2. The van der Waals surface area contributed by atoms with Crippen LogP contribution in [0.2, 0.25) is 0 Å². The molecule has 0 aliphatic rings. The molecule has 0 bridgehead atoms. The van der Waals surface area contributed by atoms with Gasteiger partial charge in [0.25, 0.3) is 0 Å². The summed E-state index contributed by atoms with van der Waals surface area (Å²) in [7, 11) is 0. The summed E-state index contributed by atoms with van der Waals surface area (Å²) in [4.78, 5) is 12.5. The van der Waals surface area contributed by atoms with Gasteiger partial charge in [0.1, 0.15) is 28.2 Å². The number of phenols is 2. The smallest absolute Gasteiger partial charge is 0.199 e. The number of halogens is 2. The van der Waals surface area contributed by atoms with Crippen molar-refractivity contribution >= 4 is 42.8 Å². The van der Waals surface area contributed by atoms with Crippen LogP contribution in [0.4, 0.5) is 0 Å². The maximum Gasteiger partial charge on any atom is 0.199 e. The van der Waals surface area contributed by atoms with Crippen LogP contribution in [-0.4, -0.2) is 10.2 Å². The average Bonchev–Trinajstić information content (AvgIpc) is 2.48. The van der Waals surface area contributed by atoms with E-state index in [0.29, 0.717) is 31.4 Å². The normalized spacial score (nSPS) is 11.0. The van der Waals surface area contributed by atoms with E-state index in [-0.39, 0.29) is 22.3 Å². The Bertz CT molecular complexity index is 937. The SMILES string of the molecule is Cc1c(-c2cc(Br)c(O)c(Br)c2)oc2cccc(O)c2c1=O. The fraction of sp³-hybridized carbons (Fsp3) is 0.0625. The molecule has 0 saturated heterocycles. The lowest BCUT2D eigenvalue weighted by Gasteiger charge is -2.10. The summed E-state index contributed by atoms with van der Waals surface area (Å²) in [5.74, 6) is 0.362. The molecule has 1 aromatic heterocycles. The summed E-state index contributed by atoms with van der Waals surface area (Å²) in [6.45, 7) is 1.64. The van der Waals surface area contributed by atoms with Crippen molar-refractivity contribution < 1.29 is 14.6 Å². The van der Waals surface area contributed by atoms with Crippen LogP contribution in [0.15, 0.2) is 48.5 Å². The molecule has 0 radical (unpaired) electrons. The van der Waals surface area contributed by atoms with Gasteiger partial charge in [-0.25, -0.2) is 0 Å². The van der Waals surface area contributed by atoms with E-state index in [1.165, 1.54) is 6.07 Å². The molecule has 112 valence electrons. The van der Waals surface area contributed by atoms with Gasteiger partial charge in [-0.05, 0) is 63.0 Å². The first-order chi connectivity index (χ1) is 10.4. The van der Waals surface area contributed by atoms with Crippen LogP contribution in [0.3, 0.4) is 0 Å². The molecule has 2 N–H and O–H groups in total. The summed E-state index contributed by atoms with van der Waals surface area (Å²) >= 11 is 6.52. The fourth-order valence-corrected chi connectivity index (χ4v) is 3.47. The van der Waals surface area contributed by atoms with Crippen LogP contribution in [0, 0.1) is 6.92 Å². The van der Waals surface area contributed by atoms with Crippen molar-refractivity contribution in [2.45, 2.75) is 6.92 Å². The van der Waals surface area contributed by atoms with Crippen LogP contribution < -0.4 is 5.43 Å². The first-order valence-electron chi connectivity index (χ1n) is 6.34. The molecule has 0 atom stereocenters. The molecule has 1 heterocycles. The van der Waals surface area contributed by atoms with Gasteiger partial charge in [-0.1, -0.05) is 6.07 Å². The lowest BCUT2D eigenvalue weighted by molar-refractivity contribution is 0.468. The lowest BCUT2D eigenvalue weighted by Crippen LogP contribution is -2.07. The molecule has 22 heavy (non-hydrogen) atoms. The van der Waals surface area contributed by atoms with Gasteiger partial charge >= 0.3 is 0 Å². The van der Waals surface area contributed by atoms with E-state index in [9.17, 15) is 15.0 Å². The Kier molecular flexibility index (Phi) is 3.74. The molecule has 0 unspecified atom stereocenters. The van der Waals surface area contributed by atoms with E-state index in [1.54, 1.807) is 31.2 Å². The van der Waals surface area contributed by atoms with Crippen LogP contribution in [0.1, 0.15) is 5.56 Å². The van der Waals surface area contributed by atoms with Crippen molar-refractivity contribution in [3.8, 4) is 22.8 Å². The van der Waals surface area contributed by atoms with E-state index in [4.69, 9.17) is 4.42 Å². The highest BCUT2D eigenvalue weighted by molar-refractivity contribution is 9.11. The minimum Gasteiger partial charge on any atom is -0.507 e. The second-order valence-electron chi connectivity index (χ2n) is 4.82. The van der Waals surface area contributed by atoms with Crippen LogP contribution in [-0.2, 0) is 0 Å². The Morgan fingerprint density at radius 2 is 1.73 bits per heavy atom. The topological polar surface area (TPSA) is 70.7 Å². The third kappa shape index (κ3) is 2.32. The van der Waals surface area contributed by atoms with Gasteiger partial charge in [-0.15, -0.1) is 0 Å². The van der Waals surface area contributed by atoms with Crippen LogP contribution in [0.25, 0.3) is 22.3 Å². The zero-order chi connectivity index (χ0) is 16.0. The van der Waals surface area contributed by atoms with Crippen molar-refractivity contribution in [3.63, 3.8) is 0 Å². The Hall–Kier alpha value is -1.79. The molecule has 0 fully saturated rings. The second-order valence-corrected chi connectivity index (χ2v) is 6.53. The molecule has 0 aliphatic heterocycles. The molecule has 0 amide bonds. The number of hydrogen-bond donors (Lipinski definition) is 2. The second kappa shape index (κ2) is 5.44. The van der Waals surface area contributed by atoms with E-state index in [1.807, 2.05) is 0 Å². The predicted octanol–water partition coefficient (Wildman–Crippen LogP) is 4.70. The van der Waals surface area contributed by atoms with Crippen molar-refractivity contribution in [3.05, 3.63) is 55.1 Å². The Morgan fingerprint density at radius 3 is 2.36 bits per heavy atom. The fourth-order valence-electron chi connectivity index (χ4n) is 2.28. The summed E-state index contributed by atoms with van der Waals surface area (Å²) in [5, 5.41) is 19.8. The molecule has 0 saturated carbocycles. The summed E-state index contributed by atoms with van der Waals surface area (Å²) in [6, 6.07) is 8.03. The Balaban J connectivity index is 2.38. The molecule has 6 heteroatoms. The predicted molar refractivity (Wildman–Crippen MR) is 91.4 cm³/mol. The van der Waals surface area contributed by atoms with Crippen molar-refractivity contribution in [2.24, 2.45) is 0 Å². The minimum absolute atomic E-state index is 0.0715. The van der Waals surface area contributed by atoms with Gasteiger partial charge < -0.3 is 14.6 Å². The summed E-state index contributed by atoms with van der Waals surface area (Å²) < 4.78 is 6.77. The standard InChI is InChI=1S/C16H10Br2O4/c1-7-14(20)13-11(19)3-2-4-12(13)22-16(7)8-5-9(17)15(21)10(18)6-8/h2-6,19,21H,1H3. The lowest BCUT2D eigenvalue weighted by atomic mass is 10.1. The van der Waals surface area contributed by atoms with E-state index in [2.05, 4.69) is 31.9 Å². The number of phenolic OH excluding ortho intramolecular Hbond substituents is 2. The molecule has 4 nitrogen and oxygen atoms in total. The maximum atomic E-state index is 12.5. The minimum atomic E-state index is -0.283. The monoisotopic (exact) mass is 424 g/mol. The highest BCUT2D eigenvalue weighted by Gasteiger charge is 2.17. The largest absolute Gasteiger partial charge is 0.507 e. The van der Waals surface area contributed by atoms with Gasteiger partial charge in [0, 0.05) is 11.1 Å². The van der Waals surface area contributed by atoms with Crippen LogP contribution >= 0.6 is 31.9 Å². The molecule has 0 spiro atoms. The van der Waals surface area contributed by atoms with E-state index in [0.717, 1.165) is 0 Å². The number of hydrogen-bond acceptors (Lipinski definition) is 4. The van der Waals surface area contributed by atoms with E-state index < -0.39 is 0 Å². The number of fused-ring (bicyclic) bond motifs is 1. The van der Waals surface area contributed by atoms with E-state index >= 15 is 0 Å². The Labute approximate surface area is 142 Å². The third-order valence-corrected chi connectivity index (χ3v) is 4.61. The molecular weight excluding hydrogens is 416 g/mol. The van der Waals surface area contributed by atoms with Crippen molar-refractivity contribution in [2.75, 3.05) is 0 Å². The zero-order valence-electron chi connectivity index (χ0n) is 11.4. The van der Waals surface area contributed by atoms with Crippen molar-refractivity contribution in [1.82, 2.24) is 0 Å². The number of rotatable bonds is 1. The number of aromatic hydroxyl groups is 2. The zero-order valence-corrected chi connectivity index (χ0v) is 14.5. The van der Waals surface area contributed by atoms with Gasteiger partial charge in [0.2, 0.25) is 0 Å². The van der Waals surface area contributed by atoms with Gasteiger partial charge in [-0.2, -0.15) is 0 Å². The maximum absolute atomic E-state index is 12.5. The Morgan fingerprint density at radius 1 is 1.09 bits per heavy atom. The van der Waals surface area contributed by atoms with Crippen LogP contribution in [0.5, 0.6) is 11.5 Å².